The molecule has 1 amide bonds. The molecule has 4 nitrogen and oxygen atoms in total. The minimum Gasteiger partial charge on any atom is -0.289 e. The molecule has 2 aromatic rings. The van der Waals surface area contributed by atoms with Crippen LogP contribution in [0.4, 0.5) is 0 Å². The van der Waals surface area contributed by atoms with Crippen LogP contribution in [0.25, 0.3) is 0 Å². The number of hydrogen-bond acceptors (Lipinski definition) is 3. The second-order valence-electron chi connectivity index (χ2n) is 4.85. The monoisotopic (exact) mass is 317 g/mol. The molecule has 0 aliphatic heterocycles. The molecule has 1 unspecified atom stereocenters. The van der Waals surface area contributed by atoms with Gasteiger partial charge in [-0.1, -0.05) is 29.8 Å². The van der Waals surface area contributed by atoms with Crippen LogP contribution in [-0.4, -0.2) is 18.8 Å². The van der Waals surface area contributed by atoms with Crippen LogP contribution >= 0.6 is 11.6 Å². The minimum absolute atomic E-state index is 0.113. The first-order valence-electron chi connectivity index (χ1n) is 6.76. The van der Waals surface area contributed by atoms with Crippen LogP contribution in [0.3, 0.4) is 0 Å². The molecule has 22 heavy (non-hydrogen) atoms. The van der Waals surface area contributed by atoms with Gasteiger partial charge in [0.1, 0.15) is 0 Å². The quantitative estimate of drug-likeness (QED) is 0.679. The predicted octanol–water partition coefficient (Wildman–Crippen LogP) is 3.35. The summed E-state index contributed by atoms with van der Waals surface area (Å²) in [5.74, 6) is -0.797. The van der Waals surface area contributed by atoms with Crippen molar-refractivity contribution in [3.05, 3.63) is 70.2 Å². The number of hydrogen-bond donors (Lipinski definition) is 1. The zero-order valence-corrected chi connectivity index (χ0v) is 13.1. The molecule has 2 rings (SSSR count). The van der Waals surface area contributed by atoms with Crippen molar-refractivity contribution in [1.29, 1.82) is 0 Å². The van der Waals surface area contributed by atoms with Crippen LogP contribution in [0.15, 0.2) is 48.5 Å². The number of hydroxylamine groups is 1. The molecule has 0 radical (unpaired) electrons. The SMILES string of the molecule is CONC(=O)C(C)c1cccc(C(=O)c2ccc(Cl)cc2)c1. The largest absolute Gasteiger partial charge is 0.289 e. The fourth-order valence-corrected chi connectivity index (χ4v) is 2.18. The predicted molar refractivity (Wildman–Crippen MR) is 84.9 cm³/mol. The van der Waals surface area contributed by atoms with Crippen molar-refractivity contribution in [2.75, 3.05) is 7.11 Å². The van der Waals surface area contributed by atoms with E-state index in [0.29, 0.717) is 16.1 Å². The molecular weight excluding hydrogens is 302 g/mol. The van der Waals surface area contributed by atoms with Crippen LogP contribution < -0.4 is 5.48 Å². The summed E-state index contributed by atoms with van der Waals surface area (Å²) in [4.78, 5) is 28.9. The summed E-state index contributed by atoms with van der Waals surface area (Å²) in [6.07, 6.45) is 0. The molecular formula is C17H16ClNO3. The summed E-state index contributed by atoms with van der Waals surface area (Å²) in [6.45, 7) is 1.75. The van der Waals surface area contributed by atoms with Crippen LogP contribution in [0.2, 0.25) is 5.02 Å². The van der Waals surface area contributed by atoms with Gasteiger partial charge in [0.25, 0.3) is 5.91 Å². The van der Waals surface area contributed by atoms with Gasteiger partial charge in [0.15, 0.2) is 5.78 Å². The molecule has 114 valence electrons. The zero-order valence-electron chi connectivity index (χ0n) is 12.3. The minimum atomic E-state index is -0.419. The molecule has 0 aliphatic carbocycles. The van der Waals surface area contributed by atoms with Gasteiger partial charge in [-0.15, -0.1) is 0 Å². The van der Waals surface area contributed by atoms with E-state index in [1.54, 1.807) is 55.5 Å². The Hall–Kier alpha value is -2.17. The molecule has 0 saturated heterocycles. The molecule has 0 heterocycles. The second kappa shape index (κ2) is 7.20. The lowest BCUT2D eigenvalue weighted by molar-refractivity contribution is -0.132. The average Bonchev–Trinajstić information content (AvgIpc) is 2.54. The lowest BCUT2D eigenvalue weighted by atomic mass is 9.95. The van der Waals surface area contributed by atoms with Crippen LogP contribution in [0, 0.1) is 0 Å². The van der Waals surface area contributed by atoms with Crippen molar-refractivity contribution in [2.45, 2.75) is 12.8 Å². The van der Waals surface area contributed by atoms with Gasteiger partial charge in [-0.2, -0.15) is 0 Å². The van der Waals surface area contributed by atoms with Crippen LogP contribution in [-0.2, 0) is 9.63 Å². The van der Waals surface area contributed by atoms with E-state index in [4.69, 9.17) is 11.6 Å². The van der Waals surface area contributed by atoms with Gasteiger partial charge in [-0.05, 0) is 42.8 Å². The van der Waals surface area contributed by atoms with E-state index in [1.165, 1.54) is 7.11 Å². The number of nitrogens with one attached hydrogen (secondary N) is 1. The third kappa shape index (κ3) is 3.72. The van der Waals surface area contributed by atoms with E-state index in [9.17, 15) is 9.59 Å². The standard InChI is InChI=1S/C17H16ClNO3/c1-11(17(21)19-22-2)13-4-3-5-14(10-13)16(20)12-6-8-15(18)9-7-12/h3-11H,1-2H3,(H,19,21). The normalized spacial score (nSPS) is 11.8. The molecule has 0 aliphatic rings. The Morgan fingerprint density at radius 2 is 1.77 bits per heavy atom. The van der Waals surface area contributed by atoms with Gasteiger partial charge in [0.05, 0.1) is 13.0 Å². The third-order valence-electron chi connectivity index (χ3n) is 3.35. The second-order valence-corrected chi connectivity index (χ2v) is 5.29. The molecule has 5 heteroatoms. The highest BCUT2D eigenvalue weighted by Gasteiger charge is 2.17. The first-order valence-corrected chi connectivity index (χ1v) is 7.14. The maximum absolute atomic E-state index is 12.5. The maximum atomic E-state index is 12.5. The summed E-state index contributed by atoms with van der Waals surface area (Å²) in [5.41, 5.74) is 4.11. The van der Waals surface area contributed by atoms with Crippen LogP contribution in [0.5, 0.6) is 0 Å². The summed E-state index contributed by atoms with van der Waals surface area (Å²) < 4.78 is 0. The van der Waals surface area contributed by atoms with Crippen LogP contribution in [0.1, 0.15) is 34.3 Å². The fraction of sp³-hybridized carbons (Fsp3) is 0.176. The van der Waals surface area contributed by atoms with Gasteiger partial charge in [-0.3, -0.25) is 14.4 Å². The first kappa shape index (κ1) is 16.2. The Morgan fingerprint density at radius 3 is 2.41 bits per heavy atom. The number of rotatable bonds is 5. The molecule has 0 fully saturated rings. The molecule has 1 N–H and O–H groups in total. The number of halogens is 1. The van der Waals surface area contributed by atoms with E-state index >= 15 is 0 Å². The smallest absolute Gasteiger partial charge is 0.250 e. The van der Waals surface area contributed by atoms with Gasteiger partial charge < -0.3 is 0 Å². The Kier molecular flexibility index (Phi) is 5.31. The number of carbonyl (C=O) groups is 2. The van der Waals surface area contributed by atoms with Crippen molar-refractivity contribution in [3.8, 4) is 0 Å². The van der Waals surface area contributed by atoms with E-state index in [0.717, 1.165) is 5.56 Å². The maximum Gasteiger partial charge on any atom is 0.250 e. The topological polar surface area (TPSA) is 55.4 Å². The van der Waals surface area contributed by atoms with Crippen molar-refractivity contribution in [3.63, 3.8) is 0 Å². The Balaban J connectivity index is 2.26. The van der Waals surface area contributed by atoms with Crippen molar-refractivity contribution in [1.82, 2.24) is 5.48 Å². The van der Waals surface area contributed by atoms with Gasteiger partial charge >= 0.3 is 0 Å². The number of benzene rings is 2. The van der Waals surface area contributed by atoms with Crippen molar-refractivity contribution in [2.24, 2.45) is 0 Å². The molecule has 0 saturated carbocycles. The Bertz CT molecular complexity index is 683. The number of ketones is 1. The van der Waals surface area contributed by atoms with Gasteiger partial charge in [0, 0.05) is 16.1 Å². The molecule has 0 spiro atoms. The highest BCUT2D eigenvalue weighted by molar-refractivity contribution is 6.30. The van der Waals surface area contributed by atoms with E-state index in [-0.39, 0.29) is 11.7 Å². The van der Waals surface area contributed by atoms with Crippen molar-refractivity contribution < 1.29 is 14.4 Å². The van der Waals surface area contributed by atoms with E-state index < -0.39 is 5.92 Å². The highest BCUT2D eigenvalue weighted by atomic mass is 35.5. The van der Waals surface area contributed by atoms with E-state index in [2.05, 4.69) is 10.3 Å². The Labute approximate surface area is 134 Å². The summed E-state index contributed by atoms with van der Waals surface area (Å²) in [5, 5.41) is 0.579. The molecule has 1 atom stereocenters. The third-order valence-corrected chi connectivity index (χ3v) is 3.60. The lowest BCUT2D eigenvalue weighted by Gasteiger charge is -2.12. The van der Waals surface area contributed by atoms with E-state index in [1.807, 2.05) is 0 Å². The molecule has 2 aromatic carbocycles. The average molecular weight is 318 g/mol. The summed E-state index contributed by atoms with van der Waals surface area (Å²) >= 11 is 5.83. The fourth-order valence-electron chi connectivity index (χ4n) is 2.06. The number of carbonyl (C=O) groups excluding carboxylic acids is 2. The zero-order chi connectivity index (χ0) is 16.1. The Morgan fingerprint density at radius 1 is 1.09 bits per heavy atom. The summed E-state index contributed by atoms with van der Waals surface area (Å²) in [6, 6.07) is 13.7. The summed E-state index contributed by atoms with van der Waals surface area (Å²) in [7, 11) is 1.38. The molecule has 0 bridgehead atoms. The first-order chi connectivity index (χ1) is 10.5. The van der Waals surface area contributed by atoms with Crippen molar-refractivity contribution >= 4 is 23.3 Å². The van der Waals surface area contributed by atoms with Gasteiger partial charge in [-0.25, -0.2) is 5.48 Å². The highest BCUT2D eigenvalue weighted by Crippen LogP contribution is 2.19. The van der Waals surface area contributed by atoms with Gasteiger partial charge in [0.2, 0.25) is 0 Å². The lowest BCUT2D eigenvalue weighted by Crippen LogP contribution is -2.26. The molecule has 0 aromatic heterocycles. The number of amides is 1.